The summed E-state index contributed by atoms with van der Waals surface area (Å²) < 4.78 is 1.15. The van der Waals surface area contributed by atoms with Gasteiger partial charge in [0.05, 0.1) is 10.2 Å². The van der Waals surface area contributed by atoms with Crippen molar-refractivity contribution in [2.75, 3.05) is 26.0 Å². The van der Waals surface area contributed by atoms with E-state index in [1.165, 1.54) is 0 Å². The number of nitrogens with zero attached hydrogens (tertiary/aromatic N) is 3. The third-order valence-electron chi connectivity index (χ3n) is 2.93. The Morgan fingerprint density at radius 1 is 1.32 bits per heavy atom. The zero-order valence-corrected chi connectivity index (χ0v) is 12.9. The Kier molecular flexibility index (Phi) is 4.71. The molecule has 0 saturated heterocycles. The van der Waals surface area contributed by atoms with E-state index in [1.54, 1.807) is 17.7 Å². The number of fused-ring (bicyclic) bond motifs is 1. The van der Waals surface area contributed by atoms with Crippen molar-refractivity contribution in [3.63, 3.8) is 0 Å². The van der Waals surface area contributed by atoms with Gasteiger partial charge in [-0.05, 0) is 37.9 Å². The quantitative estimate of drug-likeness (QED) is 0.881. The van der Waals surface area contributed by atoms with Crippen molar-refractivity contribution in [3.8, 4) is 0 Å². The van der Waals surface area contributed by atoms with Gasteiger partial charge in [-0.1, -0.05) is 13.8 Å². The lowest BCUT2D eigenvalue weighted by Gasteiger charge is -2.24. The van der Waals surface area contributed by atoms with Gasteiger partial charge in [0, 0.05) is 12.6 Å². The number of hydrogen-bond donors (Lipinski definition) is 1. The molecule has 0 aliphatic carbocycles. The first kappa shape index (κ1) is 14.2. The van der Waals surface area contributed by atoms with E-state index >= 15 is 0 Å². The van der Waals surface area contributed by atoms with Gasteiger partial charge in [0.15, 0.2) is 0 Å². The van der Waals surface area contributed by atoms with Crippen LogP contribution < -0.4 is 5.32 Å². The molecule has 0 amide bonds. The van der Waals surface area contributed by atoms with Gasteiger partial charge in [-0.3, -0.25) is 0 Å². The lowest BCUT2D eigenvalue weighted by Crippen LogP contribution is -2.33. The second-order valence-corrected chi connectivity index (χ2v) is 6.51. The molecule has 1 atom stereocenters. The van der Waals surface area contributed by atoms with E-state index < -0.39 is 0 Å². The summed E-state index contributed by atoms with van der Waals surface area (Å²) in [5.41, 5.74) is 1.02. The molecule has 1 unspecified atom stereocenters. The van der Waals surface area contributed by atoms with E-state index in [-0.39, 0.29) is 0 Å². The molecule has 0 fully saturated rings. The minimum atomic E-state index is 0.412. The summed E-state index contributed by atoms with van der Waals surface area (Å²) in [6, 6.07) is 2.45. The van der Waals surface area contributed by atoms with Crippen molar-refractivity contribution in [3.05, 3.63) is 17.8 Å². The average Bonchev–Trinajstić information content (AvgIpc) is 2.76. The average molecular weight is 278 g/mol. The fourth-order valence-corrected chi connectivity index (χ4v) is 3.07. The zero-order chi connectivity index (χ0) is 13.8. The van der Waals surface area contributed by atoms with Gasteiger partial charge in [0.1, 0.15) is 12.1 Å². The van der Waals surface area contributed by atoms with E-state index in [0.717, 1.165) is 29.0 Å². The maximum absolute atomic E-state index is 4.40. The van der Waals surface area contributed by atoms with Crippen LogP contribution in [0, 0.1) is 5.92 Å². The monoisotopic (exact) mass is 278 g/mol. The molecule has 2 aromatic heterocycles. The highest BCUT2D eigenvalue weighted by Gasteiger charge is 2.14. The Labute approximate surface area is 118 Å². The largest absolute Gasteiger partial charge is 0.365 e. The highest BCUT2D eigenvalue weighted by Crippen LogP contribution is 2.26. The van der Waals surface area contributed by atoms with Crippen molar-refractivity contribution in [2.24, 2.45) is 5.92 Å². The Hall–Kier alpha value is -1.20. The summed E-state index contributed by atoms with van der Waals surface area (Å²) in [6.45, 7) is 5.52. The summed E-state index contributed by atoms with van der Waals surface area (Å²) in [7, 11) is 4.21. The minimum absolute atomic E-state index is 0.412. The first-order valence-electron chi connectivity index (χ1n) is 6.65. The standard InChI is InChI=1S/C14H22N4S/c1-10(2)7-11(8-18(3)4)17-14-13-12(5-6-19-13)15-9-16-14/h5-6,9-11H,7-8H2,1-4H3,(H,15,16,17). The van der Waals surface area contributed by atoms with E-state index in [2.05, 4.69) is 53.5 Å². The molecule has 19 heavy (non-hydrogen) atoms. The molecular weight excluding hydrogens is 256 g/mol. The molecule has 0 aliphatic rings. The van der Waals surface area contributed by atoms with Crippen LogP contribution in [0.1, 0.15) is 20.3 Å². The van der Waals surface area contributed by atoms with Crippen LogP contribution in [0.5, 0.6) is 0 Å². The Bertz CT molecular complexity index is 511. The van der Waals surface area contributed by atoms with Gasteiger partial charge in [0.2, 0.25) is 0 Å². The number of likely N-dealkylation sites (N-methyl/N-ethyl adjacent to an activating group) is 1. The van der Waals surface area contributed by atoms with Crippen LogP contribution in [0.15, 0.2) is 17.8 Å². The van der Waals surface area contributed by atoms with Crippen LogP contribution in [0.4, 0.5) is 5.82 Å². The third-order valence-corrected chi connectivity index (χ3v) is 3.84. The molecular formula is C14H22N4S. The van der Waals surface area contributed by atoms with E-state index in [4.69, 9.17) is 0 Å². The zero-order valence-electron chi connectivity index (χ0n) is 12.1. The molecule has 0 saturated carbocycles. The highest BCUT2D eigenvalue weighted by molar-refractivity contribution is 7.17. The first-order valence-corrected chi connectivity index (χ1v) is 7.53. The number of rotatable bonds is 6. The number of anilines is 1. The van der Waals surface area contributed by atoms with Crippen molar-refractivity contribution >= 4 is 27.4 Å². The van der Waals surface area contributed by atoms with E-state index in [0.29, 0.717) is 12.0 Å². The van der Waals surface area contributed by atoms with Crippen molar-refractivity contribution < 1.29 is 0 Å². The molecule has 0 spiro atoms. The molecule has 1 N–H and O–H groups in total. The van der Waals surface area contributed by atoms with Crippen molar-refractivity contribution in [1.29, 1.82) is 0 Å². The predicted molar refractivity (Wildman–Crippen MR) is 82.8 cm³/mol. The number of hydrogen-bond acceptors (Lipinski definition) is 5. The molecule has 0 aromatic carbocycles. The van der Waals surface area contributed by atoms with Gasteiger partial charge in [-0.2, -0.15) is 0 Å². The van der Waals surface area contributed by atoms with Gasteiger partial charge in [-0.15, -0.1) is 11.3 Å². The SMILES string of the molecule is CC(C)CC(CN(C)C)Nc1ncnc2ccsc12. The third kappa shape index (κ3) is 3.88. The smallest absolute Gasteiger partial charge is 0.147 e. The lowest BCUT2D eigenvalue weighted by atomic mass is 10.0. The topological polar surface area (TPSA) is 41.0 Å². The Morgan fingerprint density at radius 2 is 2.11 bits per heavy atom. The van der Waals surface area contributed by atoms with Crippen molar-refractivity contribution in [2.45, 2.75) is 26.3 Å². The summed E-state index contributed by atoms with van der Waals surface area (Å²) >= 11 is 1.69. The molecule has 2 heterocycles. The van der Waals surface area contributed by atoms with E-state index in [1.807, 2.05) is 6.07 Å². The fourth-order valence-electron chi connectivity index (χ4n) is 2.27. The maximum Gasteiger partial charge on any atom is 0.147 e. The molecule has 4 nitrogen and oxygen atoms in total. The van der Waals surface area contributed by atoms with Crippen LogP contribution in [0.3, 0.4) is 0 Å². The molecule has 104 valence electrons. The van der Waals surface area contributed by atoms with Gasteiger partial charge < -0.3 is 10.2 Å². The second kappa shape index (κ2) is 6.30. The number of nitrogens with one attached hydrogen (secondary N) is 1. The summed E-state index contributed by atoms with van der Waals surface area (Å²) in [4.78, 5) is 10.9. The molecule has 0 bridgehead atoms. The summed E-state index contributed by atoms with van der Waals surface area (Å²) in [5, 5.41) is 5.65. The molecule has 0 aliphatic heterocycles. The lowest BCUT2D eigenvalue weighted by molar-refractivity contribution is 0.356. The van der Waals surface area contributed by atoms with Crippen LogP contribution in [0.25, 0.3) is 10.2 Å². The van der Waals surface area contributed by atoms with Crippen molar-refractivity contribution in [1.82, 2.24) is 14.9 Å². The normalized spacial score (nSPS) is 13.4. The van der Waals surface area contributed by atoms with Gasteiger partial charge in [0.25, 0.3) is 0 Å². The first-order chi connectivity index (χ1) is 9.06. The minimum Gasteiger partial charge on any atom is -0.365 e. The highest BCUT2D eigenvalue weighted by atomic mass is 32.1. The predicted octanol–water partition coefficient (Wildman–Crippen LogP) is 3.08. The summed E-state index contributed by atoms with van der Waals surface area (Å²) in [6.07, 6.45) is 2.77. The molecule has 0 radical (unpaired) electrons. The van der Waals surface area contributed by atoms with Gasteiger partial charge in [-0.25, -0.2) is 9.97 Å². The maximum atomic E-state index is 4.40. The van der Waals surface area contributed by atoms with Gasteiger partial charge >= 0.3 is 0 Å². The second-order valence-electron chi connectivity index (χ2n) is 5.59. The summed E-state index contributed by atoms with van der Waals surface area (Å²) in [5.74, 6) is 1.63. The Morgan fingerprint density at radius 3 is 2.79 bits per heavy atom. The molecule has 2 aromatic rings. The molecule has 2 rings (SSSR count). The Balaban J connectivity index is 2.17. The number of aromatic nitrogens is 2. The van der Waals surface area contributed by atoms with Crippen LogP contribution >= 0.6 is 11.3 Å². The van der Waals surface area contributed by atoms with E-state index in [9.17, 15) is 0 Å². The fraction of sp³-hybridized carbons (Fsp3) is 0.571. The van der Waals surface area contributed by atoms with Crippen LogP contribution in [0.2, 0.25) is 0 Å². The number of thiophene rings is 1. The van der Waals surface area contributed by atoms with Crippen LogP contribution in [-0.2, 0) is 0 Å². The molecule has 5 heteroatoms. The van der Waals surface area contributed by atoms with Crippen LogP contribution in [-0.4, -0.2) is 41.5 Å².